The van der Waals surface area contributed by atoms with Crippen molar-refractivity contribution in [2.45, 2.75) is 31.7 Å². The van der Waals surface area contributed by atoms with Crippen molar-refractivity contribution in [1.82, 2.24) is 5.32 Å². The number of nitrogens with one attached hydrogen (secondary N) is 1. The van der Waals surface area contributed by atoms with Crippen LogP contribution in [0.5, 0.6) is 0 Å². The second-order valence-electron chi connectivity index (χ2n) is 4.33. The molecule has 1 aliphatic carbocycles. The van der Waals surface area contributed by atoms with E-state index < -0.39 is 0 Å². The third kappa shape index (κ3) is 3.38. The Bertz CT molecular complexity index is 213. The van der Waals surface area contributed by atoms with E-state index in [1.807, 2.05) is 11.8 Å². The Balaban J connectivity index is 1.58. The summed E-state index contributed by atoms with van der Waals surface area (Å²) < 4.78 is 5.27. The van der Waals surface area contributed by atoms with Crippen LogP contribution in [0.1, 0.15) is 25.7 Å². The fourth-order valence-electron chi connectivity index (χ4n) is 1.93. The second-order valence-corrected chi connectivity index (χ2v) is 5.48. The molecule has 0 amide bonds. The molecule has 1 saturated heterocycles. The van der Waals surface area contributed by atoms with Crippen molar-refractivity contribution in [3.8, 4) is 0 Å². The summed E-state index contributed by atoms with van der Waals surface area (Å²) in [5.74, 6) is 2.74. The Morgan fingerprint density at radius 3 is 2.93 bits per heavy atom. The minimum Gasteiger partial charge on any atom is -0.464 e. The minimum absolute atomic E-state index is 0.0541. The first-order chi connectivity index (χ1) is 7.36. The summed E-state index contributed by atoms with van der Waals surface area (Å²) in [6.45, 7) is 1.54. The van der Waals surface area contributed by atoms with Gasteiger partial charge < -0.3 is 10.1 Å². The molecule has 15 heavy (non-hydrogen) atoms. The van der Waals surface area contributed by atoms with Crippen molar-refractivity contribution in [3.63, 3.8) is 0 Å². The summed E-state index contributed by atoms with van der Waals surface area (Å²) >= 11 is 1.82. The first-order valence-corrected chi connectivity index (χ1v) is 6.99. The predicted molar refractivity (Wildman–Crippen MR) is 62.0 cm³/mol. The maximum absolute atomic E-state index is 11.6. The van der Waals surface area contributed by atoms with Crippen LogP contribution >= 0.6 is 11.8 Å². The first kappa shape index (κ1) is 11.3. The van der Waals surface area contributed by atoms with E-state index in [1.165, 1.54) is 19.3 Å². The number of hydrogen-bond donors (Lipinski definition) is 1. The summed E-state index contributed by atoms with van der Waals surface area (Å²) in [7, 11) is 0. The van der Waals surface area contributed by atoms with Gasteiger partial charge in [-0.05, 0) is 12.3 Å². The summed E-state index contributed by atoms with van der Waals surface area (Å²) in [6, 6.07) is -0.0647. The van der Waals surface area contributed by atoms with Crippen molar-refractivity contribution in [2.75, 3.05) is 24.7 Å². The second kappa shape index (κ2) is 5.75. The fourth-order valence-corrected chi connectivity index (χ4v) is 2.84. The van der Waals surface area contributed by atoms with E-state index in [4.69, 9.17) is 4.74 Å². The van der Waals surface area contributed by atoms with E-state index in [2.05, 4.69) is 5.32 Å². The standard InChI is InChI=1S/C11H19NO2S/c13-11(10-8-15-7-5-12-10)14-6-4-9-2-1-3-9/h9-10,12H,1-8H2. The van der Waals surface area contributed by atoms with Crippen LogP contribution in [0.3, 0.4) is 0 Å². The van der Waals surface area contributed by atoms with Crippen molar-refractivity contribution in [3.05, 3.63) is 0 Å². The minimum atomic E-state index is -0.0647. The number of thioether (sulfide) groups is 1. The lowest BCUT2D eigenvalue weighted by atomic mass is 9.83. The third-order valence-corrected chi connectivity index (χ3v) is 4.26. The van der Waals surface area contributed by atoms with E-state index in [1.54, 1.807) is 0 Å². The highest BCUT2D eigenvalue weighted by Gasteiger charge is 2.23. The summed E-state index contributed by atoms with van der Waals surface area (Å²) in [4.78, 5) is 11.6. The maximum atomic E-state index is 11.6. The normalized spacial score (nSPS) is 27.1. The quantitative estimate of drug-likeness (QED) is 0.740. The lowest BCUT2D eigenvalue weighted by Gasteiger charge is -2.26. The molecule has 4 heteroatoms. The van der Waals surface area contributed by atoms with Gasteiger partial charge in [0.1, 0.15) is 6.04 Å². The molecule has 1 N–H and O–H groups in total. The number of ether oxygens (including phenoxy) is 1. The fraction of sp³-hybridized carbons (Fsp3) is 0.909. The van der Waals surface area contributed by atoms with Crippen LogP contribution in [0.25, 0.3) is 0 Å². The number of hydrogen-bond acceptors (Lipinski definition) is 4. The summed E-state index contributed by atoms with van der Waals surface area (Å²) in [6.07, 6.45) is 5.08. The average Bonchev–Trinajstić information content (AvgIpc) is 2.23. The Labute approximate surface area is 95.3 Å². The average molecular weight is 229 g/mol. The van der Waals surface area contributed by atoms with Gasteiger partial charge in [0.15, 0.2) is 0 Å². The van der Waals surface area contributed by atoms with Gasteiger partial charge in [0.2, 0.25) is 0 Å². The van der Waals surface area contributed by atoms with Crippen molar-refractivity contribution in [1.29, 1.82) is 0 Å². The molecule has 0 spiro atoms. The molecule has 86 valence electrons. The molecule has 1 aliphatic heterocycles. The zero-order valence-corrected chi connectivity index (χ0v) is 9.85. The monoisotopic (exact) mass is 229 g/mol. The van der Waals surface area contributed by atoms with Crippen LogP contribution in [0.15, 0.2) is 0 Å². The summed E-state index contributed by atoms with van der Waals surface area (Å²) in [5, 5.41) is 3.19. The van der Waals surface area contributed by atoms with Gasteiger partial charge in [-0.3, -0.25) is 4.79 Å². The van der Waals surface area contributed by atoms with Crippen molar-refractivity contribution >= 4 is 17.7 Å². The highest BCUT2D eigenvalue weighted by atomic mass is 32.2. The molecule has 1 atom stereocenters. The first-order valence-electron chi connectivity index (χ1n) is 5.84. The number of esters is 1. The summed E-state index contributed by atoms with van der Waals surface area (Å²) in [5.41, 5.74) is 0. The van der Waals surface area contributed by atoms with E-state index in [-0.39, 0.29) is 12.0 Å². The van der Waals surface area contributed by atoms with Gasteiger partial charge in [-0.1, -0.05) is 19.3 Å². The molecular formula is C11H19NO2S. The topological polar surface area (TPSA) is 38.3 Å². The Hall–Kier alpha value is -0.220. The zero-order chi connectivity index (χ0) is 10.5. The molecule has 3 nitrogen and oxygen atoms in total. The number of carbonyl (C=O) groups excluding carboxylic acids is 1. The molecular weight excluding hydrogens is 210 g/mol. The molecule has 0 aromatic heterocycles. The van der Waals surface area contributed by atoms with E-state index in [0.717, 1.165) is 30.4 Å². The van der Waals surface area contributed by atoms with Gasteiger partial charge in [-0.25, -0.2) is 0 Å². The molecule has 1 heterocycles. The van der Waals surface area contributed by atoms with Gasteiger partial charge in [0, 0.05) is 18.1 Å². The van der Waals surface area contributed by atoms with Crippen LogP contribution in [0, 0.1) is 5.92 Å². The SMILES string of the molecule is O=C(OCCC1CCC1)C1CSCCN1. The van der Waals surface area contributed by atoms with Gasteiger partial charge >= 0.3 is 5.97 Å². The van der Waals surface area contributed by atoms with Crippen LogP contribution in [0.4, 0.5) is 0 Å². The van der Waals surface area contributed by atoms with E-state index in [9.17, 15) is 4.79 Å². The molecule has 1 unspecified atom stereocenters. The lowest BCUT2D eigenvalue weighted by molar-refractivity contribution is -0.146. The number of carbonyl (C=O) groups is 1. The molecule has 2 rings (SSSR count). The molecule has 0 aromatic rings. The van der Waals surface area contributed by atoms with Crippen molar-refractivity contribution in [2.24, 2.45) is 5.92 Å². The highest BCUT2D eigenvalue weighted by molar-refractivity contribution is 7.99. The third-order valence-electron chi connectivity index (χ3n) is 3.20. The Morgan fingerprint density at radius 1 is 1.47 bits per heavy atom. The van der Waals surface area contributed by atoms with Gasteiger partial charge in [-0.2, -0.15) is 11.8 Å². The predicted octanol–water partition coefficient (Wildman–Crippen LogP) is 1.42. The molecule has 1 saturated carbocycles. The maximum Gasteiger partial charge on any atom is 0.323 e. The van der Waals surface area contributed by atoms with E-state index in [0.29, 0.717) is 6.61 Å². The molecule has 0 bridgehead atoms. The molecule has 0 radical (unpaired) electrons. The smallest absolute Gasteiger partial charge is 0.323 e. The zero-order valence-electron chi connectivity index (χ0n) is 9.04. The largest absolute Gasteiger partial charge is 0.464 e. The van der Waals surface area contributed by atoms with Crippen LogP contribution in [-0.2, 0) is 9.53 Å². The Morgan fingerprint density at radius 2 is 2.33 bits per heavy atom. The van der Waals surface area contributed by atoms with Crippen LogP contribution < -0.4 is 5.32 Å². The molecule has 0 aromatic carbocycles. The van der Waals surface area contributed by atoms with Crippen LogP contribution in [-0.4, -0.2) is 36.7 Å². The van der Waals surface area contributed by atoms with Gasteiger partial charge in [0.05, 0.1) is 6.61 Å². The highest BCUT2D eigenvalue weighted by Crippen LogP contribution is 2.29. The number of rotatable bonds is 4. The van der Waals surface area contributed by atoms with Crippen LogP contribution in [0.2, 0.25) is 0 Å². The van der Waals surface area contributed by atoms with E-state index >= 15 is 0 Å². The molecule has 2 fully saturated rings. The Kier molecular flexibility index (Phi) is 4.32. The van der Waals surface area contributed by atoms with Gasteiger partial charge in [-0.15, -0.1) is 0 Å². The van der Waals surface area contributed by atoms with Crippen molar-refractivity contribution < 1.29 is 9.53 Å². The van der Waals surface area contributed by atoms with Gasteiger partial charge in [0.25, 0.3) is 0 Å². The lowest BCUT2D eigenvalue weighted by Crippen LogP contribution is -2.44. The molecule has 2 aliphatic rings.